The molecule has 11 heteroatoms. The maximum Gasteiger partial charge on any atom is 0.289 e. The van der Waals surface area contributed by atoms with Crippen LogP contribution in [-0.2, 0) is 14.8 Å². The number of nitro groups is 1. The second kappa shape index (κ2) is 10.1. The van der Waals surface area contributed by atoms with Crippen molar-refractivity contribution in [1.82, 2.24) is 10.0 Å². The summed E-state index contributed by atoms with van der Waals surface area (Å²) in [5.74, 6) is -0.227. The number of sulfonamides is 1. The van der Waals surface area contributed by atoms with E-state index in [-0.39, 0.29) is 37.8 Å². The molecular weight excluding hydrogens is 348 g/mol. The molecule has 0 bridgehead atoms. The molecule has 9 nitrogen and oxygen atoms in total. The van der Waals surface area contributed by atoms with Gasteiger partial charge in [-0.2, -0.15) is 0 Å². The lowest BCUT2D eigenvalue weighted by Gasteiger charge is -2.08. The number of nitrogens with two attached hydrogens (primary N) is 1. The number of nitrogens with zero attached hydrogens (tertiary/aromatic N) is 1. The Labute approximate surface area is 140 Å². The van der Waals surface area contributed by atoms with Crippen molar-refractivity contribution in [2.24, 2.45) is 5.73 Å². The molecule has 1 aromatic rings. The average molecular weight is 367 g/mol. The molecule has 0 spiro atoms. The smallest absolute Gasteiger partial charge is 0.289 e. The van der Waals surface area contributed by atoms with Crippen LogP contribution in [0.2, 0.25) is 0 Å². The number of para-hydroxylation sites is 1. The molecule has 23 heavy (non-hydrogen) atoms. The predicted octanol–water partition coefficient (Wildman–Crippen LogP) is 0.150. The van der Waals surface area contributed by atoms with Gasteiger partial charge in [-0.1, -0.05) is 12.1 Å². The number of benzene rings is 1. The summed E-state index contributed by atoms with van der Waals surface area (Å²) in [5.41, 5.74) is 4.77. The van der Waals surface area contributed by atoms with E-state index >= 15 is 0 Å². The van der Waals surface area contributed by atoms with Gasteiger partial charge >= 0.3 is 0 Å². The molecule has 0 aromatic heterocycles. The molecule has 0 fully saturated rings. The highest BCUT2D eigenvalue weighted by molar-refractivity contribution is 7.89. The van der Waals surface area contributed by atoms with E-state index in [1.54, 1.807) is 0 Å². The Balaban J connectivity index is 0.00000484. The zero-order chi connectivity index (χ0) is 16.6. The van der Waals surface area contributed by atoms with Gasteiger partial charge in [-0.15, -0.1) is 12.4 Å². The summed E-state index contributed by atoms with van der Waals surface area (Å²) in [5, 5.41) is 13.4. The van der Waals surface area contributed by atoms with Crippen molar-refractivity contribution < 1.29 is 18.1 Å². The summed E-state index contributed by atoms with van der Waals surface area (Å²) in [6, 6.07) is 5.05. The van der Waals surface area contributed by atoms with E-state index in [1.165, 1.54) is 12.1 Å². The predicted molar refractivity (Wildman–Crippen MR) is 86.8 cm³/mol. The molecule has 4 N–H and O–H groups in total. The van der Waals surface area contributed by atoms with Crippen LogP contribution in [0.3, 0.4) is 0 Å². The number of nitrogens with one attached hydrogen (secondary N) is 2. The third-order valence-corrected chi connectivity index (χ3v) is 4.21. The van der Waals surface area contributed by atoms with Gasteiger partial charge in [0.25, 0.3) is 5.69 Å². The molecule has 0 unspecified atom stereocenters. The summed E-state index contributed by atoms with van der Waals surface area (Å²) in [6.07, 6.45) is 0.821. The van der Waals surface area contributed by atoms with Crippen LogP contribution in [0, 0.1) is 10.1 Å². The molecule has 0 heterocycles. The van der Waals surface area contributed by atoms with Gasteiger partial charge in [-0.05, 0) is 19.0 Å². The summed E-state index contributed by atoms with van der Waals surface area (Å²) in [7, 11) is -4.01. The minimum atomic E-state index is -4.01. The van der Waals surface area contributed by atoms with Crippen molar-refractivity contribution in [2.75, 3.05) is 19.6 Å². The topological polar surface area (TPSA) is 144 Å². The molecule has 1 amide bonds. The van der Waals surface area contributed by atoms with Gasteiger partial charge in [-0.3, -0.25) is 14.9 Å². The fourth-order valence-corrected chi connectivity index (χ4v) is 2.85. The Hall–Kier alpha value is -1.75. The van der Waals surface area contributed by atoms with Gasteiger partial charge in [-0.25, -0.2) is 13.1 Å². The molecular formula is C12H19ClN4O5S. The Morgan fingerprint density at radius 2 is 1.91 bits per heavy atom. The first-order chi connectivity index (χ1) is 10.4. The van der Waals surface area contributed by atoms with Crippen LogP contribution in [0.25, 0.3) is 0 Å². The number of carbonyl (C=O) groups is 1. The molecule has 0 aliphatic heterocycles. The van der Waals surface area contributed by atoms with E-state index in [2.05, 4.69) is 10.0 Å². The molecule has 1 aromatic carbocycles. The van der Waals surface area contributed by atoms with Gasteiger partial charge in [0.05, 0.1) is 4.92 Å². The zero-order valence-corrected chi connectivity index (χ0v) is 13.9. The van der Waals surface area contributed by atoms with Crippen molar-refractivity contribution in [3.63, 3.8) is 0 Å². The third kappa shape index (κ3) is 6.91. The number of hydrogen-bond acceptors (Lipinski definition) is 6. The lowest BCUT2D eigenvalue weighted by Crippen LogP contribution is -2.35. The summed E-state index contributed by atoms with van der Waals surface area (Å²) in [4.78, 5) is 21.0. The van der Waals surface area contributed by atoms with Crippen LogP contribution in [0.5, 0.6) is 0 Å². The van der Waals surface area contributed by atoms with Crippen LogP contribution < -0.4 is 15.8 Å². The average Bonchev–Trinajstić information content (AvgIpc) is 2.49. The highest BCUT2D eigenvalue weighted by atomic mass is 35.5. The first-order valence-corrected chi connectivity index (χ1v) is 8.06. The van der Waals surface area contributed by atoms with Crippen LogP contribution in [0.15, 0.2) is 29.2 Å². The van der Waals surface area contributed by atoms with Gasteiger partial charge in [0.1, 0.15) is 0 Å². The SMILES string of the molecule is Cl.NCCCC(=O)NCCNS(=O)(=O)c1ccccc1[N+](=O)[O-]. The number of nitro benzene ring substituents is 1. The Kier molecular flexibility index (Phi) is 9.34. The molecule has 0 saturated heterocycles. The van der Waals surface area contributed by atoms with E-state index in [4.69, 9.17) is 5.73 Å². The highest BCUT2D eigenvalue weighted by Crippen LogP contribution is 2.22. The molecule has 0 aliphatic rings. The molecule has 130 valence electrons. The van der Waals surface area contributed by atoms with Crippen molar-refractivity contribution in [3.8, 4) is 0 Å². The van der Waals surface area contributed by atoms with Crippen molar-refractivity contribution >= 4 is 34.0 Å². The van der Waals surface area contributed by atoms with Crippen LogP contribution >= 0.6 is 12.4 Å². The second-order valence-corrected chi connectivity index (χ2v) is 6.10. The summed E-state index contributed by atoms with van der Waals surface area (Å²) >= 11 is 0. The molecule has 0 radical (unpaired) electrons. The minimum absolute atomic E-state index is 0. The maximum absolute atomic E-state index is 12.0. The highest BCUT2D eigenvalue weighted by Gasteiger charge is 2.24. The van der Waals surface area contributed by atoms with E-state index in [0.29, 0.717) is 13.0 Å². The largest absolute Gasteiger partial charge is 0.355 e. The molecule has 0 aliphatic carbocycles. The van der Waals surface area contributed by atoms with E-state index in [1.807, 2.05) is 0 Å². The van der Waals surface area contributed by atoms with Gasteiger partial charge in [0, 0.05) is 25.6 Å². The number of halogens is 1. The fraction of sp³-hybridized carbons (Fsp3) is 0.417. The molecule has 0 atom stereocenters. The fourth-order valence-electron chi connectivity index (χ4n) is 1.65. The Bertz CT molecular complexity index is 638. The first-order valence-electron chi connectivity index (χ1n) is 6.58. The maximum atomic E-state index is 12.0. The van der Waals surface area contributed by atoms with E-state index < -0.39 is 25.5 Å². The van der Waals surface area contributed by atoms with Crippen LogP contribution in [-0.4, -0.2) is 38.9 Å². The summed E-state index contributed by atoms with van der Waals surface area (Å²) < 4.78 is 26.3. The number of hydrogen-bond donors (Lipinski definition) is 3. The van der Waals surface area contributed by atoms with Gasteiger partial charge in [0.2, 0.25) is 15.9 Å². The minimum Gasteiger partial charge on any atom is -0.355 e. The zero-order valence-electron chi connectivity index (χ0n) is 12.2. The number of carbonyl (C=O) groups excluding carboxylic acids is 1. The third-order valence-electron chi connectivity index (χ3n) is 2.70. The number of amides is 1. The lowest BCUT2D eigenvalue weighted by molar-refractivity contribution is -0.387. The normalized spacial score (nSPS) is 10.7. The monoisotopic (exact) mass is 366 g/mol. The number of rotatable bonds is 9. The second-order valence-electron chi connectivity index (χ2n) is 4.36. The lowest BCUT2D eigenvalue weighted by atomic mass is 10.3. The van der Waals surface area contributed by atoms with E-state index in [0.717, 1.165) is 12.1 Å². The van der Waals surface area contributed by atoms with Crippen molar-refractivity contribution in [3.05, 3.63) is 34.4 Å². The summed E-state index contributed by atoms with van der Waals surface area (Å²) in [6.45, 7) is 0.420. The van der Waals surface area contributed by atoms with Crippen LogP contribution in [0.4, 0.5) is 5.69 Å². The molecule has 1 rings (SSSR count). The van der Waals surface area contributed by atoms with Crippen LogP contribution in [0.1, 0.15) is 12.8 Å². The first kappa shape index (κ1) is 21.2. The van der Waals surface area contributed by atoms with Crippen molar-refractivity contribution in [1.29, 1.82) is 0 Å². The quantitative estimate of drug-likeness (QED) is 0.322. The molecule has 0 saturated carbocycles. The Morgan fingerprint density at radius 1 is 1.26 bits per heavy atom. The Morgan fingerprint density at radius 3 is 2.52 bits per heavy atom. The van der Waals surface area contributed by atoms with E-state index in [9.17, 15) is 23.3 Å². The van der Waals surface area contributed by atoms with Crippen molar-refractivity contribution in [2.45, 2.75) is 17.7 Å². The van der Waals surface area contributed by atoms with Gasteiger partial charge in [0.15, 0.2) is 4.90 Å². The standard InChI is InChI=1S/C12H18N4O5S.ClH/c13-7-3-6-12(17)14-8-9-15-22(20,21)11-5-2-1-4-10(11)16(18)19;/h1-2,4-5,15H,3,6-9,13H2,(H,14,17);1H. The van der Waals surface area contributed by atoms with Gasteiger partial charge < -0.3 is 11.1 Å².